The fraction of sp³-hybridized carbons (Fsp3) is 0.667. The van der Waals surface area contributed by atoms with Crippen molar-refractivity contribution in [1.82, 2.24) is 10.2 Å². The van der Waals surface area contributed by atoms with Crippen LogP contribution in [0.2, 0.25) is 0 Å². The Morgan fingerprint density at radius 3 is 2.96 bits per heavy atom. The lowest BCUT2D eigenvalue weighted by Gasteiger charge is -2.35. The van der Waals surface area contributed by atoms with Gasteiger partial charge in [0, 0.05) is 29.9 Å². The van der Waals surface area contributed by atoms with Crippen LogP contribution in [-0.2, 0) is 17.6 Å². The van der Waals surface area contributed by atoms with Crippen LogP contribution >= 0.6 is 11.3 Å². The number of nitrogens with zero attached hydrogens (tertiary/aromatic N) is 1. The molecule has 0 saturated carbocycles. The first kappa shape index (κ1) is 17.4. The van der Waals surface area contributed by atoms with Crippen molar-refractivity contribution < 1.29 is 14.7 Å². The van der Waals surface area contributed by atoms with E-state index in [-0.39, 0.29) is 11.8 Å². The average molecular weight is 350 g/mol. The number of nitrogens with one attached hydrogen (secondary N) is 1. The van der Waals surface area contributed by atoms with Gasteiger partial charge in [-0.25, -0.2) is 0 Å². The average Bonchev–Trinajstić information content (AvgIpc) is 3.03. The molecule has 2 aliphatic rings. The van der Waals surface area contributed by atoms with Gasteiger partial charge in [0.15, 0.2) is 0 Å². The van der Waals surface area contributed by atoms with Crippen molar-refractivity contribution in [3.63, 3.8) is 0 Å². The van der Waals surface area contributed by atoms with Crippen molar-refractivity contribution >= 4 is 23.2 Å². The third-order valence-corrected chi connectivity index (χ3v) is 6.13. The second-order valence-corrected chi connectivity index (χ2v) is 7.73. The van der Waals surface area contributed by atoms with Crippen LogP contribution in [0, 0.1) is 5.92 Å². The number of likely N-dealkylation sites (tertiary alicyclic amines) is 1. The monoisotopic (exact) mass is 350 g/mol. The van der Waals surface area contributed by atoms with Gasteiger partial charge in [-0.15, -0.1) is 11.3 Å². The van der Waals surface area contributed by atoms with Crippen LogP contribution in [0.4, 0.5) is 0 Å². The molecule has 5 nitrogen and oxygen atoms in total. The van der Waals surface area contributed by atoms with Crippen molar-refractivity contribution in [2.24, 2.45) is 5.92 Å². The lowest BCUT2D eigenvalue weighted by molar-refractivity contribution is -0.130. The molecule has 0 aromatic carbocycles. The summed E-state index contributed by atoms with van der Waals surface area (Å²) in [5.41, 5.74) is 2.04. The number of amides is 2. The number of aliphatic hydroxyl groups is 1. The molecule has 3 rings (SSSR count). The Bertz CT molecular complexity index is 613. The molecular formula is C18H26N2O3S. The highest BCUT2D eigenvalue weighted by atomic mass is 32.1. The standard InChI is InChI=1S/C18H26N2O3S/c1-2-8-19-17(22)13-10-20(9-7-15(13)21)18(23)14-11-24-16-6-4-3-5-12(14)16/h11,13,15,21H,2-10H2,1H3,(H,19,22)/t13-,15+/m0/s1. The molecule has 1 aliphatic heterocycles. The number of piperidine rings is 1. The molecular weight excluding hydrogens is 324 g/mol. The normalized spacial score (nSPS) is 23.7. The number of aryl methyl sites for hydroxylation is 1. The third-order valence-electron chi connectivity index (χ3n) is 5.04. The van der Waals surface area contributed by atoms with Gasteiger partial charge in [0.2, 0.25) is 5.91 Å². The second kappa shape index (κ2) is 7.66. The molecule has 2 heterocycles. The zero-order valence-electron chi connectivity index (χ0n) is 14.2. The summed E-state index contributed by atoms with van der Waals surface area (Å²) in [6.45, 7) is 3.42. The van der Waals surface area contributed by atoms with Crippen molar-refractivity contribution in [1.29, 1.82) is 0 Å². The van der Waals surface area contributed by atoms with E-state index in [1.54, 1.807) is 16.2 Å². The minimum absolute atomic E-state index is 0.0228. The van der Waals surface area contributed by atoms with Gasteiger partial charge in [-0.05, 0) is 44.1 Å². The van der Waals surface area contributed by atoms with Gasteiger partial charge in [-0.3, -0.25) is 9.59 Å². The lowest BCUT2D eigenvalue weighted by atomic mass is 9.92. The van der Waals surface area contributed by atoms with Crippen LogP contribution < -0.4 is 5.32 Å². The molecule has 1 aliphatic carbocycles. The van der Waals surface area contributed by atoms with E-state index in [0.717, 1.165) is 31.2 Å². The van der Waals surface area contributed by atoms with Crippen molar-refractivity contribution in [3.05, 3.63) is 21.4 Å². The number of thiophene rings is 1. The number of aliphatic hydroxyl groups excluding tert-OH is 1. The number of rotatable bonds is 4. The molecule has 2 atom stereocenters. The Kier molecular flexibility index (Phi) is 5.56. The largest absolute Gasteiger partial charge is 0.392 e. The molecule has 6 heteroatoms. The van der Waals surface area contributed by atoms with Gasteiger partial charge < -0.3 is 15.3 Å². The molecule has 0 spiro atoms. The Labute approximate surface area is 147 Å². The zero-order valence-corrected chi connectivity index (χ0v) is 15.0. The number of hydrogen-bond donors (Lipinski definition) is 2. The lowest BCUT2D eigenvalue weighted by Crippen LogP contribution is -2.51. The summed E-state index contributed by atoms with van der Waals surface area (Å²) in [5, 5.41) is 15.0. The molecule has 0 unspecified atom stereocenters. The molecule has 1 aromatic rings. The summed E-state index contributed by atoms with van der Waals surface area (Å²) < 4.78 is 0. The van der Waals surface area contributed by atoms with Gasteiger partial charge in [-0.2, -0.15) is 0 Å². The highest BCUT2D eigenvalue weighted by Crippen LogP contribution is 2.31. The van der Waals surface area contributed by atoms with Gasteiger partial charge in [0.05, 0.1) is 17.6 Å². The molecule has 2 N–H and O–H groups in total. The smallest absolute Gasteiger partial charge is 0.255 e. The molecule has 1 fully saturated rings. The topological polar surface area (TPSA) is 69.6 Å². The van der Waals surface area contributed by atoms with Gasteiger partial charge in [-0.1, -0.05) is 6.92 Å². The Hall–Kier alpha value is -1.40. The quantitative estimate of drug-likeness (QED) is 0.872. The van der Waals surface area contributed by atoms with Crippen molar-refractivity contribution in [2.75, 3.05) is 19.6 Å². The summed E-state index contributed by atoms with van der Waals surface area (Å²) in [7, 11) is 0. The molecule has 0 radical (unpaired) electrons. The molecule has 24 heavy (non-hydrogen) atoms. The van der Waals surface area contributed by atoms with Gasteiger partial charge in [0.1, 0.15) is 0 Å². The zero-order chi connectivity index (χ0) is 17.1. The van der Waals surface area contributed by atoms with Crippen molar-refractivity contribution in [3.8, 4) is 0 Å². The Balaban J connectivity index is 1.71. The van der Waals surface area contributed by atoms with Crippen LogP contribution in [0.15, 0.2) is 5.38 Å². The number of carbonyl (C=O) groups excluding carboxylic acids is 2. The minimum Gasteiger partial charge on any atom is -0.392 e. The maximum Gasteiger partial charge on any atom is 0.255 e. The van der Waals surface area contributed by atoms with Gasteiger partial charge in [0.25, 0.3) is 5.91 Å². The number of fused-ring (bicyclic) bond motifs is 1. The van der Waals surface area contributed by atoms with E-state index in [0.29, 0.717) is 26.1 Å². The minimum atomic E-state index is -0.665. The summed E-state index contributed by atoms with van der Waals surface area (Å²) in [6, 6.07) is 0. The van der Waals surface area contributed by atoms with Crippen LogP contribution in [0.1, 0.15) is 53.4 Å². The SMILES string of the molecule is CCCNC(=O)[C@H]1CN(C(=O)c2csc3c2CCCC3)CC[C@H]1O. The molecule has 2 amide bonds. The number of carbonyl (C=O) groups is 2. The van der Waals surface area contributed by atoms with E-state index >= 15 is 0 Å². The first-order valence-electron chi connectivity index (χ1n) is 8.96. The van der Waals surface area contributed by atoms with E-state index in [9.17, 15) is 14.7 Å². The third kappa shape index (κ3) is 3.49. The van der Waals surface area contributed by atoms with Crippen LogP contribution in [0.25, 0.3) is 0 Å². The summed E-state index contributed by atoms with van der Waals surface area (Å²) in [4.78, 5) is 28.3. The predicted molar refractivity (Wildman–Crippen MR) is 94.3 cm³/mol. The molecule has 0 bridgehead atoms. The molecule has 1 aromatic heterocycles. The summed E-state index contributed by atoms with van der Waals surface area (Å²) >= 11 is 1.69. The van der Waals surface area contributed by atoms with Crippen LogP contribution in [-0.4, -0.2) is 47.6 Å². The number of hydrogen-bond acceptors (Lipinski definition) is 4. The maximum absolute atomic E-state index is 12.9. The van der Waals surface area contributed by atoms with Crippen LogP contribution in [0.5, 0.6) is 0 Å². The first-order chi connectivity index (χ1) is 11.6. The molecule has 1 saturated heterocycles. The fourth-order valence-corrected chi connectivity index (χ4v) is 4.72. The first-order valence-corrected chi connectivity index (χ1v) is 9.84. The summed E-state index contributed by atoms with van der Waals surface area (Å²) in [5.74, 6) is -0.646. The van der Waals surface area contributed by atoms with Crippen LogP contribution in [0.3, 0.4) is 0 Å². The maximum atomic E-state index is 12.9. The summed E-state index contributed by atoms with van der Waals surface area (Å²) in [6.07, 6.45) is 5.06. The van der Waals surface area contributed by atoms with Gasteiger partial charge >= 0.3 is 0 Å². The van der Waals surface area contributed by atoms with E-state index in [4.69, 9.17) is 0 Å². The molecule has 132 valence electrons. The Morgan fingerprint density at radius 1 is 1.38 bits per heavy atom. The fourth-order valence-electron chi connectivity index (χ4n) is 3.60. The highest BCUT2D eigenvalue weighted by molar-refractivity contribution is 7.10. The predicted octanol–water partition coefficient (Wildman–Crippen LogP) is 1.98. The highest BCUT2D eigenvalue weighted by Gasteiger charge is 2.36. The van der Waals surface area contributed by atoms with Crippen molar-refractivity contribution in [2.45, 2.75) is 51.6 Å². The Morgan fingerprint density at radius 2 is 2.17 bits per heavy atom. The van der Waals surface area contributed by atoms with E-state index in [2.05, 4.69) is 5.32 Å². The van der Waals surface area contributed by atoms with E-state index in [1.165, 1.54) is 16.9 Å². The van der Waals surface area contributed by atoms with E-state index in [1.807, 2.05) is 12.3 Å². The van der Waals surface area contributed by atoms with E-state index < -0.39 is 12.0 Å². The second-order valence-electron chi connectivity index (χ2n) is 6.76.